The summed E-state index contributed by atoms with van der Waals surface area (Å²) >= 11 is 0. The van der Waals surface area contributed by atoms with Crippen LogP contribution in [0.1, 0.15) is 56.3 Å². The largest absolute Gasteiger partial charge is 0.345 e. The highest BCUT2D eigenvalue weighted by Gasteiger charge is 2.26. The summed E-state index contributed by atoms with van der Waals surface area (Å²) in [6.07, 6.45) is 5.39. The van der Waals surface area contributed by atoms with Crippen molar-refractivity contribution in [2.24, 2.45) is 13.0 Å². The van der Waals surface area contributed by atoms with Gasteiger partial charge in [0.25, 0.3) is 0 Å². The molecule has 1 aromatic heterocycles. The minimum Gasteiger partial charge on any atom is -0.345 e. The first kappa shape index (κ1) is 18.0. The SMILES string of the molecule is CCC(=O)N(C)CC1CCC(c2cc(CN(C)C)n(C)n2)CC1. The minimum atomic E-state index is 0.255. The predicted octanol–water partition coefficient (Wildman–Crippen LogP) is 2.62. The highest BCUT2D eigenvalue weighted by molar-refractivity contribution is 5.75. The van der Waals surface area contributed by atoms with Gasteiger partial charge in [-0.2, -0.15) is 5.10 Å². The zero-order valence-corrected chi connectivity index (χ0v) is 15.4. The number of nitrogens with zero attached hydrogens (tertiary/aromatic N) is 4. The minimum absolute atomic E-state index is 0.255. The summed E-state index contributed by atoms with van der Waals surface area (Å²) in [4.78, 5) is 15.8. The number of carbonyl (C=O) groups excluding carboxylic acids is 1. The van der Waals surface area contributed by atoms with E-state index in [4.69, 9.17) is 5.10 Å². The van der Waals surface area contributed by atoms with Gasteiger partial charge >= 0.3 is 0 Å². The van der Waals surface area contributed by atoms with Gasteiger partial charge in [-0.25, -0.2) is 0 Å². The smallest absolute Gasteiger partial charge is 0.222 e. The van der Waals surface area contributed by atoms with E-state index in [0.717, 1.165) is 13.1 Å². The Labute approximate surface area is 140 Å². The Kier molecular flexibility index (Phi) is 6.22. The van der Waals surface area contributed by atoms with Crippen LogP contribution in [0, 0.1) is 5.92 Å². The maximum atomic E-state index is 11.7. The van der Waals surface area contributed by atoms with Crippen LogP contribution in [0.15, 0.2) is 6.07 Å². The summed E-state index contributed by atoms with van der Waals surface area (Å²) in [6.45, 7) is 3.78. The highest BCUT2D eigenvalue weighted by atomic mass is 16.2. The van der Waals surface area contributed by atoms with Crippen LogP contribution >= 0.6 is 0 Å². The van der Waals surface area contributed by atoms with E-state index in [0.29, 0.717) is 18.3 Å². The zero-order valence-electron chi connectivity index (χ0n) is 15.4. The van der Waals surface area contributed by atoms with Crippen molar-refractivity contribution < 1.29 is 4.79 Å². The second-order valence-corrected chi connectivity index (χ2v) is 7.27. The second-order valence-electron chi connectivity index (χ2n) is 7.27. The molecule has 1 aliphatic rings. The van der Waals surface area contributed by atoms with Crippen molar-refractivity contribution in [1.82, 2.24) is 19.6 Å². The van der Waals surface area contributed by atoms with Crippen LogP contribution in [0.3, 0.4) is 0 Å². The van der Waals surface area contributed by atoms with Gasteiger partial charge in [-0.15, -0.1) is 0 Å². The molecule has 2 rings (SSSR count). The number of hydrogen-bond donors (Lipinski definition) is 0. The lowest BCUT2D eigenvalue weighted by atomic mass is 9.80. The summed E-state index contributed by atoms with van der Waals surface area (Å²) in [7, 11) is 8.15. The number of rotatable bonds is 6. The molecular formula is C18H32N4O. The molecule has 0 spiro atoms. The summed E-state index contributed by atoms with van der Waals surface area (Å²) in [5.41, 5.74) is 2.53. The fourth-order valence-electron chi connectivity index (χ4n) is 3.60. The quantitative estimate of drug-likeness (QED) is 0.809. The molecule has 5 heteroatoms. The number of aryl methyl sites for hydroxylation is 1. The Morgan fingerprint density at radius 1 is 1.26 bits per heavy atom. The number of aromatic nitrogens is 2. The third kappa shape index (κ3) is 4.80. The summed E-state index contributed by atoms with van der Waals surface area (Å²) in [5, 5.41) is 4.74. The fraction of sp³-hybridized carbons (Fsp3) is 0.778. The van der Waals surface area contributed by atoms with Crippen molar-refractivity contribution in [2.45, 2.75) is 51.5 Å². The molecule has 0 aliphatic heterocycles. The lowest BCUT2D eigenvalue weighted by Crippen LogP contribution is -2.32. The third-order valence-electron chi connectivity index (χ3n) is 5.00. The van der Waals surface area contributed by atoms with Crippen molar-refractivity contribution in [2.75, 3.05) is 27.7 Å². The van der Waals surface area contributed by atoms with Crippen LogP contribution in [0.5, 0.6) is 0 Å². The van der Waals surface area contributed by atoms with Gasteiger partial charge in [-0.05, 0) is 51.8 Å². The van der Waals surface area contributed by atoms with Gasteiger partial charge in [-0.3, -0.25) is 9.48 Å². The normalized spacial score (nSPS) is 21.7. The molecule has 0 aromatic carbocycles. The van der Waals surface area contributed by atoms with E-state index in [1.165, 1.54) is 37.1 Å². The molecule has 0 saturated heterocycles. The molecule has 130 valence electrons. The highest BCUT2D eigenvalue weighted by Crippen LogP contribution is 2.35. The third-order valence-corrected chi connectivity index (χ3v) is 5.00. The van der Waals surface area contributed by atoms with Crippen LogP contribution in [-0.2, 0) is 18.4 Å². The van der Waals surface area contributed by atoms with Gasteiger partial charge < -0.3 is 9.80 Å². The molecule has 23 heavy (non-hydrogen) atoms. The lowest BCUT2D eigenvalue weighted by molar-refractivity contribution is -0.130. The monoisotopic (exact) mass is 320 g/mol. The van der Waals surface area contributed by atoms with Crippen molar-refractivity contribution in [3.8, 4) is 0 Å². The molecule has 0 N–H and O–H groups in total. The summed E-state index contributed by atoms with van der Waals surface area (Å²) in [5.74, 6) is 1.49. The van der Waals surface area contributed by atoms with Gasteiger partial charge in [0.1, 0.15) is 0 Å². The Morgan fingerprint density at radius 3 is 2.48 bits per heavy atom. The van der Waals surface area contributed by atoms with Crippen LogP contribution < -0.4 is 0 Å². The van der Waals surface area contributed by atoms with Gasteiger partial charge in [0.2, 0.25) is 5.91 Å². The maximum Gasteiger partial charge on any atom is 0.222 e. The molecule has 1 fully saturated rings. The number of amides is 1. The van der Waals surface area contributed by atoms with E-state index in [-0.39, 0.29) is 5.91 Å². The number of carbonyl (C=O) groups is 1. The molecule has 1 amide bonds. The van der Waals surface area contributed by atoms with E-state index in [9.17, 15) is 4.79 Å². The average molecular weight is 320 g/mol. The second kappa shape index (κ2) is 7.95. The standard InChI is InChI=1S/C18H32N4O/c1-6-18(23)21(4)12-14-7-9-15(10-8-14)17-11-16(13-20(2)3)22(5)19-17/h11,14-15H,6-10,12-13H2,1-5H3. The van der Waals surface area contributed by atoms with Crippen molar-refractivity contribution in [1.29, 1.82) is 0 Å². The van der Waals surface area contributed by atoms with E-state index in [1.807, 2.05) is 30.6 Å². The molecular weight excluding hydrogens is 288 g/mol. The van der Waals surface area contributed by atoms with E-state index < -0.39 is 0 Å². The fourth-order valence-corrected chi connectivity index (χ4v) is 3.60. The van der Waals surface area contributed by atoms with E-state index >= 15 is 0 Å². The average Bonchev–Trinajstić information content (AvgIpc) is 2.87. The molecule has 1 aromatic rings. The van der Waals surface area contributed by atoms with Crippen molar-refractivity contribution in [3.05, 3.63) is 17.5 Å². The van der Waals surface area contributed by atoms with Crippen LogP contribution in [-0.4, -0.2) is 53.2 Å². The van der Waals surface area contributed by atoms with Gasteiger partial charge in [0.15, 0.2) is 0 Å². The first-order chi connectivity index (χ1) is 10.9. The molecule has 1 saturated carbocycles. The first-order valence-corrected chi connectivity index (χ1v) is 8.82. The Bertz CT molecular complexity index is 515. The topological polar surface area (TPSA) is 41.4 Å². The molecule has 0 bridgehead atoms. The number of hydrogen-bond acceptors (Lipinski definition) is 3. The van der Waals surface area contributed by atoms with Crippen molar-refractivity contribution in [3.63, 3.8) is 0 Å². The van der Waals surface area contributed by atoms with E-state index in [1.54, 1.807) is 0 Å². The van der Waals surface area contributed by atoms with Crippen LogP contribution in [0.25, 0.3) is 0 Å². The molecule has 0 atom stereocenters. The molecule has 0 unspecified atom stereocenters. The Balaban J connectivity index is 1.88. The van der Waals surface area contributed by atoms with Gasteiger partial charge in [-0.1, -0.05) is 6.92 Å². The maximum absolute atomic E-state index is 11.7. The summed E-state index contributed by atoms with van der Waals surface area (Å²) in [6, 6.07) is 2.28. The van der Waals surface area contributed by atoms with Crippen LogP contribution in [0.4, 0.5) is 0 Å². The summed E-state index contributed by atoms with van der Waals surface area (Å²) < 4.78 is 2.02. The molecule has 1 aliphatic carbocycles. The van der Waals surface area contributed by atoms with Crippen LogP contribution in [0.2, 0.25) is 0 Å². The Hall–Kier alpha value is -1.36. The predicted molar refractivity (Wildman–Crippen MR) is 93.2 cm³/mol. The lowest BCUT2D eigenvalue weighted by Gasteiger charge is -2.30. The zero-order chi connectivity index (χ0) is 17.0. The molecule has 5 nitrogen and oxygen atoms in total. The molecule has 0 radical (unpaired) electrons. The van der Waals surface area contributed by atoms with Gasteiger partial charge in [0.05, 0.1) is 11.4 Å². The molecule has 1 heterocycles. The first-order valence-electron chi connectivity index (χ1n) is 8.82. The Morgan fingerprint density at radius 2 is 1.91 bits per heavy atom. The van der Waals surface area contributed by atoms with Crippen molar-refractivity contribution >= 4 is 5.91 Å². The van der Waals surface area contributed by atoms with Gasteiger partial charge in [0, 0.05) is 39.5 Å². The van der Waals surface area contributed by atoms with E-state index in [2.05, 4.69) is 25.1 Å².